The molecule has 0 unspecified atom stereocenters. The molecule has 0 aromatic heterocycles. The molecule has 16 heteroatoms. The van der Waals surface area contributed by atoms with Crippen LogP contribution in [0.5, 0.6) is 17.2 Å². The fraction of sp³-hybridized carbons (Fsp3) is 0.250. The third kappa shape index (κ3) is 8.78. The summed E-state index contributed by atoms with van der Waals surface area (Å²) in [6, 6.07) is 15.1. The molecule has 0 fully saturated rings. The monoisotopic (exact) mass is 722 g/mol. The molecule has 0 aliphatic carbocycles. The van der Waals surface area contributed by atoms with Crippen LogP contribution in [0, 0.1) is 21.4 Å². The van der Waals surface area contributed by atoms with Crippen molar-refractivity contribution in [3.05, 3.63) is 103 Å². The van der Waals surface area contributed by atoms with Gasteiger partial charge in [-0.3, -0.25) is 15.5 Å². The number of amides is 2. The van der Waals surface area contributed by atoms with Gasteiger partial charge >= 0.3 is 17.7 Å². The lowest BCUT2D eigenvalue weighted by molar-refractivity contribution is -0.386. The summed E-state index contributed by atoms with van der Waals surface area (Å²) in [5.41, 5.74) is 4.87. The summed E-state index contributed by atoms with van der Waals surface area (Å²) in [5, 5.41) is 40.4. The Bertz CT molecular complexity index is 1790. The number of benzene rings is 3. The molecule has 3 aromatic rings. The largest absolute Gasteiger partial charge is 0.490 e. The summed E-state index contributed by atoms with van der Waals surface area (Å²) in [7, 11) is 1.25. The van der Waals surface area contributed by atoms with Crippen LogP contribution in [-0.4, -0.2) is 54.8 Å². The van der Waals surface area contributed by atoms with Crippen molar-refractivity contribution in [2.24, 2.45) is 5.10 Å². The van der Waals surface area contributed by atoms with Gasteiger partial charge in [0.1, 0.15) is 13.2 Å². The molecule has 4 N–H and O–H groups in total. The number of esters is 1. The number of halogens is 1. The lowest BCUT2D eigenvalue weighted by atomic mass is 9.95. The average molecular weight is 724 g/mol. The van der Waals surface area contributed by atoms with Gasteiger partial charge in [0.2, 0.25) is 5.75 Å². The van der Waals surface area contributed by atoms with Crippen molar-refractivity contribution in [2.75, 3.05) is 20.3 Å². The number of urea groups is 1. The van der Waals surface area contributed by atoms with E-state index in [2.05, 4.69) is 37.1 Å². The van der Waals surface area contributed by atoms with Crippen LogP contribution in [-0.2, 0) is 16.1 Å². The lowest BCUT2D eigenvalue weighted by Crippen LogP contribution is -2.45. The highest BCUT2D eigenvalue weighted by molar-refractivity contribution is 9.10. The molecule has 0 bridgehead atoms. The van der Waals surface area contributed by atoms with Gasteiger partial charge in [0.15, 0.2) is 17.7 Å². The van der Waals surface area contributed by atoms with Gasteiger partial charge in [-0.15, -0.1) is 0 Å². The fourth-order valence-corrected chi connectivity index (χ4v) is 5.19. The van der Waals surface area contributed by atoms with Crippen molar-refractivity contribution in [1.29, 1.82) is 5.26 Å². The minimum absolute atomic E-state index is 0.0224. The van der Waals surface area contributed by atoms with E-state index >= 15 is 0 Å². The Kier molecular flexibility index (Phi) is 11.9. The first-order valence-corrected chi connectivity index (χ1v) is 15.2. The highest BCUT2D eigenvalue weighted by Gasteiger charge is 2.32. The minimum Gasteiger partial charge on any atom is -0.490 e. The standard InChI is InChI=1S/C32H31BrN6O9/c1-4-46-26-13-22(29-28(31(41)45-3)18(2)36-32(42)37-29)9-10-25(26)47-17-27(40)38-35-15-21-11-23(33)30(24(12-21)39(43)44)48-16-20-7-5-19(14-34)6-8-20/h5-13,15,27,29,38,40H,4,16-17H2,1-3H3,(H2,36,37,42)/b35-15+/t27-,29+/m1/s1. The van der Waals surface area contributed by atoms with Crippen LogP contribution in [0.4, 0.5) is 10.5 Å². The highest BCUT2D eigenvalue weighted by atomic mass is 79.9. The number of hydrogen-bond donors (Lipinski definition) is 4. The molecule has 1 heterocycles. The van der Waals surface area contributed by atoms with E-state index in [1.165, 1.54) is 19.4 Å². The van der Waals surface area contributed by atoms with Crippen LogP contribution in [0.25, 0.3) is 0 Å². The number of carbonyl (C=O) groups is 2. The number of nitrogens with one attached hydrogen (secondary N) is 3. The van der Waals surface area contributed by atoms with E-state index < -0.39 is 29.2 Å². The zero-order valence-corrected chi connectivity index (χ0v) is 27.6. The number of carbonyl (C=O) groups excluding carboxylic acids is 2. The number of nitriles is 1. The Morgan fingerprint density at radius 2 is 1.94 bits per heavy atom. The summed E-state index contributed by atoms with van der Waals surface area (Å²) in [6.45, 7) is 3.43. The molecule has 0 spiro atoms. The van der Waals surface area contributed by atoms with Crippen molar-refractivity contribution in [3.63, 3.8) is 0 Å². The Labute approximate surface area is 283 Å². The topological polar surface area (TPSA) is 207 Å². The summed E-state index contributed by atoms with van der Waals surface area (Å²) < 4.78 is 22.4. The van der Waals surface area contributed by atoms with E-state index in [1.54, 1.807) is 62.4 Å². The zero-order chi connectivity index (χ0) is 34.8. The van der Waals surface area contributed by atoms with Crippen LogP contribution in [0.3, 0.4) is 0 Å². The van der Waals surface area contributed by atoms with Gasteiger partial charge < -0.3 is 34.7 Å². The third-order valence-electron chi connectivity index (χ3n) is 6.82. The molecule has 15 nitrogen and oxygen atoms in total. The van der Waals surface area contributed by atoms with E-state index in [-0.39, 0.29) is 42.6 Å². The molecule has 0 saturated carbocycles. The second-order valence-corrected chi connectivity index (χ2v) is 11.0. The summed E-state index contributed by atoms with van der Waals surface area (Å²) in [4.78, 5) is 35.8. The Hall–Kier alpha value is -5.66. The molecule has 4 rings (SSSR count). The Morgan fingerprint density at radius 3 is 2.60 bits per heavy atom. The first-order valence-electron chi connectivity index (χ1n) is 14.4. The molecule has 3 aromatic carbocycles. The number of ether oxygens (including phenoxy) is 4. The van der Waals surface area contributed by atoms with E-state index in [0.29, 0.717) is 32.6 Å². The molecule has 250 valence electrons. The summed E-state index contributed by atoms with van der Waals surface area (Å²) in [6.07, 6.45) is -0.00266. The van der Waals surface area contributed by atoms with Crippen molar-refractivity contribution in [2.45, 2.75) is 32.7 Å². The summed E-state index contributed by atoms with van der Waals surface area (Å²) in [5.74, 6) is -0.000588. The van der Waals surface area contributed by atoms with Gasteiger partial charge in [-0.2, -0.15) is 10.4 Å². The lowest BCUT2D eigenvalue weighted by Gasteiger charge is -2.28. The minimum atomic E-state index is -1.29. The zero-order valence-electron chi connectivity index (χ0n) is 26.0. The SMILES string of the molecule is CCOc1cc([C@@H]2NC(=O)NC(C)=C2C(=O)OC)ccc1OC[C@@H](O)N/N=C/c1cc(Br)c(OCc2ccc(C#N)cc2)c([N+](=O)[O-])c1. The van der Waals surface area contributed by atoms with Gasteiger partial charge in [0.25, 0.3) is 0 Å². The number of nitro groups is 1. The number of hydrazone groups is 1. The molecule has 0 radical (unpaired) electrons. The van der Waals surface area contributed by atoms with Crippen LogP contribution in [0.15, 0.2) is 75.4 Å². The molecule has 2 amide bonds. The van der Waals surface area contributed by atoms with E-state index in [1.807, 2.05) is 6.07 Å². The number of rotatable bonds is 14. The smallest absolute Gasteiger partial charge is 0.337 e. The van der Waals surface area contributed by atoms with Gasteiger partial charge in [-0.25, -0.2) is 9.59 Å². The second kappa shape index (κ2) is 16.3. The maximum atomic E-state index is 12.5. The van der Waals surface area contributed by atoms with Crippen LogP contribution in [0.2, 0.25) is 0 Å². The fourth-order valence-electron chi connectivity index (χ4n) is 4.60. The van der Waals surface area contributed by atoms with Gasteiger partial charge in [0.05, 0.1) is 52.6 Å². The predicted octanol–water partition coefficient (Wildman–Crippen LogP) is 4.33. The predicted molar refractivity (Wildman–Crippen MR) is 175 cm³/mol. The second-order valence-electron chi connectivity index (χ2n) is 10.1. The Morgan fingerprint density at radius 1 is 1.19 bits per heavy atom. The summed E-state index contributed by atoms with van der Waals surface area (Å²) >= 11 is 3.32. The van der Waals surface area contributed by atoms with E-state index in [4.69, 9.17) is 24.2 Å². The van der Waals surface area contributed by atoms with Crippen molar-refractivity contribution in [1.82, 2.24) is 16.1 Å². The third-order valence-corrected chi connectivity index (χ3v) is 7.41. The van der Waals surface area contributed by atoms with Crippen molar-refractivity contribution >= 4 is 39.8 Å². The number of aliphatic hydroxyl groups excluding tert-OH is 1. The maximum absolute atomic E-state index is 12.5. The number of aliphatic hydroxyl groups is 1. The molecule has 2 atom stereocenters. The van der Waals surface area contributed by atoms with Gasteiger partial charge in [0, 0.05) is 17.3 Å². The highest BCUT2D eigenvalue weighted by Crippen LogP contribution is 2.37. The van der Waals surface area contributed by atoms with Crippen LogP contribution >= 0.6 is 15.9 Å². The average Bonchev–Trinajstić information content (AvgIpc) is 3.06. The Balaban J connectivity index is 1.40. The molecule has 0 saturated heterocycles. The molecule has 1 aliphatic heterocycles. The van der Waals surface area contributed by atoms with E-state index in [0.717, 1.165) is 5.56 Å². The number of nitrogens with zero attached hydrogens (tertiary/aromatic N) is 3. The number of hydrogen-bond acceptors (Lipinski definition) is 12. The maximum Gasteiger partial charge on any atom is 0.337 e. The van der Waals surface area contributed by atoms with Crippen molar-refractivity contribution < 1.29 is 38.6 Å². The normalized spacial score (nSPS) is 14.8. The first-order chi connectivity index (χ1) is 23.0. The molecular weight excluding hydrogens is 692 g/mol. The number of methoxy groups -OCH3 is 1. The molecular formula is C32H31BrN6O9. The van der Waals surface area contributed by atoms with E-state index in [9.17, 15) is 24.8 Å². The number of allylic oxidation sites excluding steroid dienone is 1. The molecule has 48 heavy (non-hydrogen) atoms. The quantitative estimate of drug-likeness (QED) is 0.0606. The van der Waals surface area contributed by atoms with Gasteiger partial charge in [-0.1, -0.05) is 18.2 Å². The number of nitro benzene ring substituents is 1. The first kappa shape index (κ1) is 35.2. The van der Waals surface area contributed by atoms with Crippen LogP contribution in [0.1, 0.15) is 42.1 Å². The van der Waals surface area contributed by atoms with Crippen molar-refractivity contribution in [3.8, 4) is 23.3 Å². The van der Waals surface area contributed by atoms with Crippen LogP contribution < -0.4 is 30.3 Å². The van der Waals surface area contributed by atoms with Gasteiger partial charge in [-0.05, 0) is 71.2 Å². The molecule has 1 aliphatic rings.